The van der Waals surface area contributed by atoms with Gasteiger partial charge in [-0.05, 0) is 71.6 Å². The van der Waals surface area contributed by atoms with Gasteiger partial charge in [0.15, 0.2) is 5.60 Å². The first-order valence-electron chi connectivity index (χ1n) is 14.2. The van der Waals surface area contributed by atoms with E-state index < -0.39 is 5.60 Å². The number of piperidine rings is 1. The number of rotatable bonds is 12. The number of anilines is 2. The number of carbonyl (C=O) groups is 3. The maximum Gasteiger partial charge on any atom is 0.270 e. The van der Waals surface area contributed by atoms with E-state index in [0.717, 1.165) is 18.5 Å². The Morgan fingerprint density at radius 1 is 1.26 bits per heavy atom. The Balaban J connectivity index is 1.52. The van der Waals surface area contributed by atoms with E-state index in [0.29, 0.717) is 63.7 Å². The van der Waals surface area contributed by atoms with Crippen LogP contribution in [0, 0.1) is 11.8 Å². The van der Waals surface area contributed by atoms with Crippen molar-refractivity contribution in [1.29, 1.82) is 0 Å². The maximum atomic E-state index is 13.9. The van der Waals surface area contributed by atoms with Crippen molar-refractivity contribution in [1.82, 2.24) is 10.6 Å². The zero-order valence-corrected chi connectivity index (χ0v) is 24.0. The Hall–Kier alpha value is -2.69. The highest BCUT2D eigenvalue weighted by Crippen LogP contribution is 2.43. The number of hydrogen-bond acceptors (Lipinski definition) is 7. The van der Waals surface area contributed by atoms with Crippen molar-refractivity contribution in [3.63, 3.8) is 0 Å². The lowest BCUT2D eigenvalue weighted by atomic mass is 9.88. The third-order valence-electron chi connectivity index (χ3n) is 7.55. The summed E-state index contributed by atoms with van der Waals surface area (Å²) in [5.74, 6) is -0.130. The topological polar surface area (TPSA) is 109 Å². The van der Waals surface area contributed by atoms with E-state index in [9.17, 15) is 14.4 Å². The molecule has 2 N–H and O–H groups in total. The first-order chi connectivity index (χ1) is 18.7. The minimum Gasteiger partial charge on any atom is -0.476 e. The van der Waals surface area contributed by atoms with Crippen molar-refractivity contribution in [2.45, 2.75) is 71.1 Å². The first kappa shape index (κ1) is 29.3. The summed E-state index contributed by atoms with van der Waals surface area (Å²) < 4.78 is 16.7. The minimum atomic E-state index is -0.975. The molecule has 1 aliphatic carbocycles. The molecule has 3 amide bonds. The summed E-state index contributed by atoms with van der Waals surface area (Å²) in [6.45, 7) is 10.6. The van der Waals surface area contributed by atoms with E-state index >= 15 is 0 Å². The molecule has 0 bridgehead atoms. The second-order valence-corrected chi connectivity index (χ2v) is 11.4. The van der Waals surface area contributed by atoms with Gasteiger partial charge >= 0.3 is 0 Å². The molecule has 4 rings (SSSR count). The summed E-state index contributed by atoms with van der Waals surface area (Å²) >= 11 is 0. The average Bonchev–Trinajstić information content (AvgIpc) is 3.75. The van der Waals surface area contributed by atoms with Crippen LogP contribution in [0.4, 0.5) is 11.4 Å². The van der Waals surface area contributed by atoms with Crippen molar-refractivity contribution in [2.75, 3.05) is 56.4 Å². The lowest BCUT2D eigenvalue weighted by molar-refractivity contribution is -0.132. The van der Waals surface area contributed by atoms with Crippen LogP contribution in [0.1, 0.15) is 53.4 Å². The number of carbonyl (C=O) groups excluding carboxylic acids is 3. The molecule has 1 saturated carbocycles. The van der Waals surface area contributed by atoms with Gasteiger partial charge in [0, 0.05) is 57.7 Å². The fourth-order valence-electron chi connectivity index (χ4n) is 5.37. The van der Waals surface area contributed by atoms with Crippen LogP contribution in [-0.2, 0) is 23.9 Å². The standard InChI is InChI=1S/C29H44N4O6/c1-6-38-18-19(2)31-26(34)20-14-21(17-30-16-20)27(35)33(22-8-9-22)23-10-11-25-24(15-23)32(12-7-13-37-5)28(36)29(3,4)39-25/h10-11,15,19-22,30H,6-9,12-14,16-18H2,1-5H3,(H,31,34)/t19?,20-,21+/m0/s1. The lowest BCUT2D eigenvalue weighted by Gasteiger charge is -2.39. The summed E-state index contributed by atoms with van der Waals surface area (Å²) in [5.41, 5.74) is 0.455. The molecule has 3 aliphatic rings. The van der Waals surface area contributed by atoms with E-state index in [1.165, 1.54) is 0 Å². The zero-order chi connectivity index (χ0) is 28.2. The van der Waals surface area contributed by atoms with Crippen LogP contribution in [0.3, 0.4) is 0 Å². The zero-order valence-electron chi connectivity index (χ0n) is 24.0. The van der Waals surface area contributed by atoms with Crippen molar-refractivity contribution >= 4 is 29.1 Å². The second kappa shape index (κ2) is 12.7. The number of nitrogens with one attached hydrogen (secondary N) is 2. The molecule has 1 saturated heterocycles. The normalized spacial score (nSPS) is 23.0. The van der Waals surface area contributed by atoms with E-state index in [2.05, 4.69) is 10.6 Å². The molecule has 216 valence electrons. The maximum absolute atomic E-state index is 13.9. The van der Waals surface area contributed by atoms with Gasteiger partial charge in [-0.15, -0.1) is 0 Å². The van der Waals surface area contributed by atoms with Crippen LogP contribution in [0.15, 0.2) is 18.2 Å². The minimum absolute atomic E-state index is 0.0131. The number of fused-ring (bicyclic) bond motifs is 1. The number of methoxy groups -OCH3 is 1. The highest BCUT2D eigenvalue weighted by atomic mass is 16.5. The molecule has 10 nitrogen and oxygen atoms in total. The van der Waals surface area contributed by atoms with Crippen molar-refractivity contribution in [3.8, 4) is 5.75 Å². The molecular formula is C29H44N4O6. The van der Waals surface area contributed by atoms with Gasteiger partial charge in [0.25, 0.3) is 5.91 Å². The Labute approximate surface area is 231 Å². The van der Waals surface area contributed by atoms with E-state index in [-0.39, 0.29) is 41.6 Å². The molecule has 1 aromatic carbocycles. The monoisotopic (exact) mass is 544 g/mol. The largest absolute Gasteiger partial charge is 0.476 e. The number of benzene rings is 1. The SMILES string of the molecule is CCOCC(C)NC(=O)[C@@H]1CNC[C@H](C(=O)N(c2ccc3c(c2)N(CCCOC)C(=O)C(C)(C)O3)C2CC2)C1. The molecule has 10 heteroatoms. The predicted molar refractivity (Wildman–Crippen MR) is 149 cm³/mol. The van der Waals surface area contributed by atoms with Crippen LogP contribution >= 0.6 is 0 Å². The summed E-state index contributed by atoms with van der Waals surface area (Å²) in [6, 6.07) is 5.70. The Morgan fingerprint density at radius 3 is 2.69 bits per heavy atom. The van der Waals surface area contributed by atoms with Gasteiger partial charge in [0.1, 0.15) is 5.75 Å². The summed E-state index contributed by atoms with van der Waals surface area (Å²) in [4.78, 5) is 43.8. The van der Waals surface area contributed by atoms with E-state index in [4.69, 9.17) is 14.2 Å². The van der Waals surface area contributed by atoms with Crippen molar-refractivity contribution in [3.05, 3.63) is 18.2 Å². The average molecular weight is 545 g/mol. The molecule has 1 aromatic rings. The summed E-state index contributed by atoms with van der Waals surface area (Å²) in [7, 11) is 1.64. The fraction of sp³-hybridized carbons (Fsp3) is 0.690. The number of nitrogens with zero attached hydrogens (tertiary/aromatic N) is 2. The lowest BCUT2D eigenvalue weighted by Crippen LogP contribution is -2.53. The van der Waals surface area contributed by atoms with Gasteiger partial charge in [-0.25, -0.2) is 0 Å². The van der Waals surface area contributed by atoms with Gasteiger partial charge in [-0.1, -0.05) is 0 Å². The predicted octanol–water partition coefficient (Wildman–Crippen LogP) is 2.49. The molecule has 0 radical (unpaired) electrons. The van der Waals surface area contributed by atoms with E-state index in [1.807, 2.05) is 36.9 Å². The summed E-state index contributed by atoms with van der Waals surface area (Å²) in [5, 5.41) is 6.33. The molecule has 2 fully saturated rings. The van der Waals surface area contributed by atoms with Crippen LogP contribution in [0.2, 0.25) is 0 Å². The van der Waals surface area contributed by atoms with Crippen molar-refractivity contribution < 1.29 is 28.6 Å². The van der Waals surface area contributed by atoms with E-state index in [1.54, 1.807) is 25.9 Å². The Bertz CT molecular complexity index is 1040. The molecule has 3 atom stereocenters. The van der Waals surface area contributed by atoms with Crippen LogP contribution in [0.25, 0.3) is 0 Å². The highest BCUT2D eigenvalue weighted by Gasteiger charge is 2.43. The molecule has 2 aliphatic heterocycles. The third-order valence-corrected chi connectivity index (χ3v) is 7.55. The number of ether oxygens (including phenoxy) is 3. The molecule has 2 heterocycles. The third kappa shape index (κ3) is 6.91. The van der Waals surface area contributed by atoms with Gasteiger partial charge in [-0.3, -0.25) is 14.4 Å². The van der Waals surface area contributed by atoms with Gasteiger partial charge in [0.05, 0.1) is 24.1 Å². The number of amides is 3. The fourth-order valence-corrected chi connectivity index (χ4v) is 5.37. The van der Waals surface area contributed by atoms with Gasteiger partial charge in [-0.2, -0.15) is 0 Å². The number of hydrogen-bond donors (Lipinski definition) is 2. The molecule has 1 unspecified atom stereocenters. The second-order valence-electron chi connectivity index (χ2n) is 11.4. The summed E-state index contributed by atoms with van der Waals surface area (Å²) in [6.07, 6.45) is 3.05. The smallest absolute Gasteiger partial charge is 0.270 e. The van der Waals surface area contributed by atoms with Crippen LogP contribution in [0.5, 0.6) is 5.75 Å². The first-order valence-corrected chi connectivity index (χ1v) is 14.2. The molecular weight excluding hydrogens is 500 g/mol. The molecule has 39 heavy (non-hydrogen) atoms. The highest BCUT2D eigenvalue weighted by molar-refractivity contribution is 6.04. The van der Waals surface area contributed by atoms with Crippen LogP contribution in [-0.4, -0.2) is 82.0 Å². The quantitative estimate of drug-likeness (QED) is 0.389. The Kier molecular flexibility index (Phi) is 9.51. The van der Waals surface area contributed by atoms with Crippen molar-refractivity contribution in [2.24, 2.45) is 11.8 Å². The van der Waals surface area contributed by atoms with Gasteiger partial charge < -0.3 is 34.6 Å². The Morgan fingerprint density at radius 2 is 2.00 bits per heavy atom. The molecule has 0 spiro atoms. The van der Waals surface area contributed by atoms with Gasteiger partial charge in [0.2, 0.25) is 11.8 Å². The molecule has 0 aromatic heterocycles. The van der Waals surface area contributed by atoms with Crippen LogP contribution < -0.4 is 25.2 Å².